The molecule has 1 aliphatic rings. The SMILES string of the molecule is CN1CCc2nc(Cc3ccccc3)[nH]c(=O)c2C1. The number of rotatable bonds is 2. The van der Waals surface area contributed by atoms with Crippen molar-refractivity contribution >= 4 is 0 Å². The quantitative estimate of drug-likeness (QED) is 0.881. The first-order valence-electron chi connectivity index (χ1n) is 6.56. The number of hydrogen-bond donors (Lipinski definition) is 1. The predicted molar refractivity (Wildman–Crippen MR) is 74.1 cm³/mol. The average Bonchev–Trinajstić information content (AvgIpc) is 2.41. The van der Waals surface area contributed by atoms with Crippen molar-refractivity contribution in [2.75, 3.05) is 13.6 Å². The number of hydrogen-bond acceptors (Lipinski definition) is 3. The zero-order valence-electron chi connectivity index (χ0n) is 11.0. The highest BCUT2D eigenvalue weighted by molar-refractivity contribution is 5.24. The second-order valence-corrected chi connectivity index (χ2v) is 5.09. The maximum Gasteiger partial charge on any atom is 0.255 e. The Labute approximate surface area is 112 Å². The molecule has 2 aromatic rings. The third kappa shape index (κ3) is 2.58. The van der Waals surface area contributed by atoms with Crippen LogP contribution >= 0.6 is 0 Å². The molecule has 3 rings (SSSR count). The van der Waals surface area contributed by atoms with Gasteiger partial charge in [0, 0.05) is 25.9 Å². The Bertz CT molecular complexity index is 634. The van der Waals surface area contributed by atoms with Crippen molar-refractivity contribution in [3.05, 3.63) is 63.3 Å². The van der Waals surface area contributed by atoms with Gasteiger partial charge in [0.1, 0.15) is 5.82 Å². The molecule has 0 fully saturated rings. The van der Waals surface area contributed by atoms with Crippen LogP contribution in [0, 0.1) is 0 Å². The second kappa shape index (κ2) is 4.97. The minimum atomic E-state index is 0.0162. The van der Waals surface area contributed by atoms with E-state index in [2.05, 4.69) is 14.9 Å². The first-order chi connectivity index (χ1) is 9.22. The van der Waals surface area contributed by atoms with Gasteiger partial charge in [-0.3, -0.25) is 4.79 Å². The van der Waals surface area contributed by atoms with Crippen molar-refractivity contribution in [3.8, 4) is 0 Å². The lowest BCUT2D eigenvalue weighted by atomic mass is 10.1. The van der Waals surface area contributed by atoms with Crippen LogP contribution in [0.3, 0.4) is 0 Å². The van der Waals surface area contributed by atoms with Gasteiger partial charge in [-0.1, -0.05) is 30.3 Å². The Balaban J connectivity index is 1.93. The molecular weight excluding hydrogens is 238 g/mol. The second-order valence-electron chi connectivity index (χ2n) is 5.09. The Kier molecular flexibility index (Phi) is 3.17. The van der Waals surface area contributed by atoms with E-state index in [1.54, 1.807) is 0 Å². The molecule has 0 amide bonds. The monoisotopic (exact) mass is 255 g/mol. The maximum absolute atomic E-state index is 12.1. The Morgan fingerprint density at radius 2 is 2.11 bits per heavy atom. The van der Waals surface area contributed by atoms with E-state index in [-0.39, 0.29) is 5.56 Å². The summed E-state index contributed by atoms with van der Waals surface area (Å²) in [5, 5.41) is 0. The molecule has 2 heterocycles. The molecule has 1 aromatic heterocycles. The fraction of sp³-hybridized carbons (Fsp3) is 0.333. The van der Waals surface area contributed by atoms with Crippen molar-refractivity contribution < 1.29 is 0 Å². The normalized spacial score (nSPS) is 15.2. The lowest BCUT2D eigenvalue weighted by Crippen LogP contribution is -2.33. The number of nitrogens with one attached hydrogen (secondary N) is 1. The molecule has 4 nitrogen and oxygen atoms in total. The average molecular weight is 255 g/mol. The van der Waals surface area contributed by atoms with Crippen LogP contribution in [0.4, 0.5) is 0 Å². The highest BCUT2D eigenvalue weighted by Crippen LogP contribution is 2.13. The van der Waals surface area contributed by atoms with Crippen LogP contribution < -0.4 is 5.56 Å². The van der Waals surface area contributed by atoms with Gasteiger partial charge in [-0.15, -0.1) is 0 Å². The molecule has 0 spiro atoms. The number of aromatic nitrogens is 2. The number of fused-ring (bicyclic) bond motifs is 1. The summed E-state index contributed by atoms with van der Waals surface area (Å²) in [4.78, 5) is 21.8. The summed E-state index contributed by atoms with van der Waals surface area (Å²) in [6.45, 7) is 1.66. The molecule has 0 bridgehead atoms. The molecule has 4 heteroatoms. The Hall–Kier alpha value is -1.94. The van der Waals surface area contributed by atoms with Gasteiger partial charge in [-0.2, -0.15) is 0 Å². The molecule has 1 N–H and O–H groups in total. The van der Waals surface area contributed by atoms with Gasteiger partial charge in [0.15, 0.2) is 0 Å². The van der Waals surface area contributed by atoms with Crippen LogP contribution in [0.25, 0.3) is 0 Å². The highest BCUT2D eigenvalue weighted by atomic mass is 16.1. The molecule has 0 radical (unpaired) electrons. The van der Waals surface area contributed by atoms with Crippen LogP contribution in [-0.4, -0.2) is 28.5 Å². The minimum absolute atomic E-state index is 0.0162. The van der Waals surface area contributed by atoms with E-state index in [9.17, 15) is 4.79 Å². The molecule has 1 aromatic carbocycles. The van der Waals surface area contributed by atoms with E-state index in [1.807, 2.05) is 37.4 Å². The van der Waals surface area contributed by atoms with E-state index in [0.717, 1.165) is 30.0 Å². The first kappa shape index (κ1) is 12.1. The maximum atomic E-state index is 12.1. The zero-order chi connectivity index (χ0) is 13.2. The van der Waals surface area contributed by atoms with E-state index in [1.165, 1.54) is 5.56 Å². The van der Waals surface area contributed by atoms with Crippen molar-refractivity contribution in [1.29, 1.82) is 0 Å². The largest absolute Gasteiger partial charge is 0.310 e. The smallest absolute Gasteiger partial charge is 0.255 e. The fourth-order valence-electron chi connectivity index (χ4n) is 2.48. The van der Waals surface area contributed by atoms with Crippen LogP contribution in [0.1, 0.15) is 22.6 Å². The number of nitrogens with zero attached hydrogens (tertiary/aromatic N) is 2. The fourth-order valence-corrected chi connectivity index (χ4v) is 2.48. The van der Waals surface area contributed by atoms with Crippen LogP contribution in [-0.2, 0) is 19.4 Å². The zero-order valence-corrected chi connectivity index (χ0v) is 11.0. The van der Waals surface area contributed by atoms with Gasteiger partial charge < -0.3 is 9.88 Å². The molecule has 19 heavy (non-hydrogen) atoms. The lowest BCUT2D eigenvalue weighted by Gasteiger charge is -2.23. The predicted octanol–water partition coefficient (Wildman–Crippen LogP) is 1.35. The third-order valence-electron chi connectivity index (χ3n) is 3.52. The summed E-state index contributed by atoms with van der Waals surface area (Å²) in [7, 11) is 2.03. The summed E-state index contributed by atoms with van der Waals surface area (Å²) in [6, 6.07) is 10.1. The molecule has 1 aliphatic heterocycles. The van der Waals surface area contributed by atoms with Crippen LogP contribution in [0.5, 0.6) is 0 Å². The minimum Gasteiger partial charge on any atom is -0.310 e. The van der Waals surface area contributed by atoms with E-state index in [0.29, 0.717) is 13.0 Å². The number of benzene rings is 1. The van der Waals surface area contributed by atoms with Crippen molar-refractivity contribution in [1.82, 2.24) is 14.9 Å². The first-order valence-corrected chi connectivity index (χ1v) is 6.56. The molecule has 0 saturated carbocycles. The lowest BCUT2D eigenvalue weighted by molar-refractivity contribution is 0.307. The van der Waals surface area contributed by atoms with Gasteiger partial charge >= 0.3 is 0 Å². The van der Waals surface area contributed by atoms with E-state index in [4.69, 9.17) is 0 Å². The van der Waals surface area contributed by atoms with Gasteiger partial charge in [0.25, 0.3) is 5.56 Å². The van der Waals surface area contributed by atoms with E-state index >= 15 is 0 Å². The number of aromatic amines is 1. The summed E-state index contributed by atoms with van der Waals surface area (Å²) in [5.41, 5.74) is 2.97. The van der Waals surface area contributed by atoms with Gasteiger partial charge in [-0.05, 0) is 12.6 Å². The van der Waals surface area contributed by atoms with Crippen LogP contribution in [0.15, 0.2) is 35.1 Å². The summed E-state index contributed by atoms with van der Waals surface area (Å²) >= 11 is 0. The van der Waals surface area contributed by atoms with Crippen LogP contribution in [0.2, 0.25) is 0 Å². The Morgan fingerprint density at radius 1 is 1.32 bits per heavy atom. The molecule has 0 atom stereocenters. The van der Waals surface area contributed by atoms with Crippen molar-refractivity contribution in [3.63, 3.8) is 0 Å². The van der Waals surface area contributed by atoms with E-state index < -0.39 is 0 Å². The highest BCUT2D eigenvalue weighted by Gasteiger charge is 2.18. The summed E-state index contributed by atoms with van der Waals surface area (Å²) < 4.78 is 0. The topological polar surface area (TPSA) is 49.0 Å². The molecular formula is C15H17N3O. The van der Waals surface area contributed by atoms with Crippen molar-refractivity contribution in [2.45, 2.75) is 19.4 Å². The molecule has 0 aliphatic carbocycles. The third-order valence-corrected chi connectivity index (χ3v) is 3.52. The van der Waals surface area contributed by atoms with Crippen molar-refractivity contribution in [2.24, 2.45) is 0 Å². The van der Waals surface area contributed by atoms with Gasteiger partial charge in [0.05, 0.1) is 11.3 Å². The molecule has 0 saturated heterocycles. The summed E-state index contributed by atoms with van der Waals surface area (Å²) in [6.07, 6.45) is 1.54. The standard InChI is InChI=1S/C15H17N3O/c1-18-8-7-13-12(10-18)15(19)17-14(16-13)9-11-5-3-2-4-6-11/h2-6H,7-10H2,1H3,(H,16,17,19). The number of likely N-dealkylation sites (N-methyl/N-ethyl adjacent to an activating group) is 1. The number of H-pyrrole nitrogens is 1. The van der Waals surface area contributed by atoms with Gasteiger partial charge in [0.2, 0.25) is 0 Å². The van der Waals surface area contributed by atoms with Gasteiger partial charge in [-0.25, -0.2) is 4.98 Å². The molecule has 0 unspecified atom stereocenters. The molecule has 98 valence electrons. The summed E-state index contributed by atoms with van der Waals surface area (Å²) in [5.74, 6) is 0.763. The Morgan fingerprint density at radius 3 is 2.89 bits per heavy atom.